The van der Waals surface area contributed by atoms with Gasteiger partial charge in [-0.15, -0.1) is 6.58 Å². The molecule has 18 heavy (non-hydrogen) atoms. The van der Waals surface area contributed by atoms with Crippen LogP contribution >= 0.6 is 0 Å². The van der Waals surface area contributed by atoms with Crippen molar-refractivity contribution in [3.63, 3.8) is 0 Å². The van der Waals surface area contributed by atoms with Crippen molar-refractivity contribution >= 4 is 0 Å². The van der Waals surface area contributed by atoms with E-state index in [1.54, 1.807) is 0 Å². The Labute approximate surface area is 106 Å². The third-order valence-electron chi connectivity index (χ3n) is 3.07. The van der Waals surface area contributed by atoms with E-state index in [1.807, 2.05) is 24.3 Å². The van der Waals surface area contributed by atoms with Crippen LogP contribution in [0.15, 0.2) is 30.9 Å². The highest BCUT2D eigenvalue weighted by atomic mass is 16.7. The molecular weight excluding hydrogens is 232 g/mol. The lowest BCUT2D eigenvalue weighted by Gasteiger charge is -2.10. The molecule has 2 heterocycles. The molecule has 4 heteroatoms. The molecule has 0 N–H and O–H groups in total. The molecule has 96 valence electrons. The van der Waals surface area contributed by atoms with Gasteiger partial charge in [0.05, 0.1) is 12.7 Å². The van der Waals surface area contributed by atoms with Crippen LogP contribution in [0, 0.1) is 0 Å². The molecule has 0 spiro atoms. The maximum atomic E-state index is 5.76. The SMILES string of the molecule is C=CCC1OCC(Cc2ccc3c(c2)OCO3)O1. The summed E-state index contributed by atoms with van der Waals surface area (Å²) in [5.74, 6) is 1.63. The van der Waals surface area contributed by atoms with Crippen LogP contribution in [0.4, 0.5) is 0 Å². The van der Waals surface area contributed by atoms with Crippen molar-refractivity contribution in [1.29, 1.82) is 0 Å². The Morgan fingerprint density at radius 1 is 1.28 bits per heavy atom. The molecule has 2 aliphatic rings. The first-order chi connectivity index (χ1) is 8.85. The Morgan fingerprint density at radius 3 is 3.06 bits per heavy atom. The van der Waals surface area contributed by atoms with Crippen molar-refractivity contribution in [3.05, 3.63) is 36.4 Å². The Balaban J connectivity index is 1.61. The smallest absolute Gasteiger partial charge is 0.231 e. The molecule has 3 rings (SSSR count). The molecule has 2 atom stereocenters. The molecule has 1 saturated heterocycles. The van der Waals surface area contributed by atoms with Crippen LogP contribution in [0.1, 0.15) is 12.0 Å². The maximum Gasteiger partial charge on any atom is 0.231 e. The number of hydrogen-bond donors (Lipinski definition) is 0. The van der Waals surface area contributed by atoms with Gasteiger partial charge in [0.2, 0.25) is 6.79 Å². The van der Waals surface area contributed by atoms with Gasteiger partial charge in [-0.3, -0.25) is 0 Å². The largest absolute Gasteiger partial charge is 0.454 e. The fourth-order valence-electron chi connectivity index (χ4n) is 2.21. The zero-order valence-corrected chi connectivity index (χ0v) is 10.1. The van der Waals surface area contributed by atoms with Gasteiger partial charge in [0.1, 0.15) is 0 Å². The quantitative estimate of drug-likeness (QED) is 0.766. The lowest BCUT2D eigenvalue weighted by atomic mass is 10.1. The normalized spacial score (nSPS) is 25.3. The van der Waals surface area contributed by atoms with Crippen molar-refractivity contribution in [1.82, 2.24) is 0 Å². The van der Waals surface area contributed by atoms with Crippen LogP contribution in [0.25, 0.3) is 0 Å². The Hall–Kier alpha value is -1.52. The van der Waals surface area contributed by atoms with E-state index in [1.165, 1.54) is 5.56 Å². The van der Waals surface area contributed by atoms with Gasteiger partial charge in [0.25, 0.3) is 0 Å². The third-order valence-corrected chi connectivity index (χ3v) is 3.07. The average Bonchev–Trinajstić information content (AvgIpc) is 2.98. The van der Waals surface area contributed by atoms with Gasteiger partial charge in [0.15, 0.2) is 17.8 Å². The summed E-state index contributed by atoms with van der Waals surface area (Å²) in [5.41, 5.74) is 1.17. The molecule has 0 aliphatic carbocycles. The maximum absolute atomic E-state index is 5.76. The molecule has 1 aromatic rings. The zero-order chi connectivity index (χ0) is 12.4. The van der Waals surface area contributed by atoms with Crippen molar-refractivity contribution in [2.24, 2.45) is 0 Å². The highest BCUT2D eigenvalue weighted by molar-refractivity contribution is 5.44. The van der Waals surface area contributed by atoms with Crippen LogP contribution < -0.4 is 9.47 Å². The van der Waals surface area contributed by atoms with Crippen LogP contribution in [-0.4, -0.2) is 25.8 Å². The van der Waals surface area contributed by atoms with Gasteiger partial charge in [0, 0.05) is 12.8 Å². The van der Waals surface area contributed by atoms with Crippen molar-refractivity contribution in [3.8, 4) is 11.5 Å². The van der Waals surface area contributed by atoms with Crippen molar-refractivity contribution < 1.29 is 18.9 Å². The van der Waals surface area contributed by atoms with E-state index in [0.717, 1.165) is 24.3 Å². The van der Waals surface area contributed by atoms with E-state index in [9.17, 15) is 0 Å². The zero-order valence-electron chi connectivity index (χ0n) is 10.1. The average molecular weight is 248 g/mol. The summed E-state index contributed by atoms with van der Waals surface area (Å²) in [5, 5.41) is 0. The molecule has 2 unspecified atom stereocenters. The third kappa shape index (κ3) is 2.35. The van der Waals surface area contributed by atoms with E-state index in [2.05, 4.69) is 6.58 Å². The fourth-order valence-corrected chi connectivity index (χ4v) is 2.21. The van der Waals surface area contributed by atoms with Crippen LogP contribution in [0.3, 0.4) is 0 Å². The van der Waals surface area contributed by atoms with E-state index >= 15 is 0 Å². The second-order valence-corrected chi connectivity index (χ2v) is 4.44. The van der Waals surface area contributed by atoms with Gasteiger partial charge < -0.3 is 18.9 Å². The highest BCUT2D eigenvalue weighted by Gasteiger charge is 2.25. The molecule has 1 fully saturated rings. The molecule has 0 amide bonds. The van der Waals surface area contributed by atoms with Gasteiger partial charge in [-0.2, -0.15) is 0 Å². The molecule has 0 saturated carbocycles. The monoisotopic (exact) mass is 248 g/mol. The predicted octanol–water partition coefficient (Wildman–Crippen LogP) is 2.28. The molecule has 0 bridgehead atoms. The topological polar surface area (TPSA) is 36.9 Å². The summed E-state index contributed by atoms with van der Waals surface area (Å²) >= 11 is 0. The van der Waals surface area contributed by atoms with E-state index in [0.29, 0.717) is 13.4 Å². The van der Waals surface area contributed by atoms with Crippen LogP contribution in [0.2, 0.25) is 0 Å². The van der Waals surface area contributed by atoms with Gasteiger partial charge in [-0.25, -0.2) is 0 Å². The predicted molar refractivity (Wildman–Crippen MR) is 65.7 cm³/mol. The lowest BCUT2D eigenvalue weighted by Crippen LogP contribution is -2.14. The highest BCUT2D eigenvalue weighted by Crippen LogP contribution is 2.33. The second-order valence-electron chi connectivity index (χ2n) is 4.44. The Bertz CT molecular complexity index is 443. The minimum atomic E-state index is -0.137. The number of rotatable bonds is 4. The molecule has 1 aromatic carbocycles. The number of ether oxygens (including phenoxy) is 4. The van der Waals surface area contributed by atoms with Gasteiger partial charge in [-0.05, 0) is 17.7 Å². The molecule has 2 aliphatic heterocycles. The number of benzene rings is 1. The van der Waals surface area contributed by atoms with Gasteiger partial charge >= 0.3 is 0 Å². The minimum Gasteiger partial charge on any atom is -0.454 e. The van der Waals surface area contributed by atoms with Gasteiger partial charge in [-0.1, -0.05) is 12.1 Å². The summed E-state index contributed by atoms with van der Waals surface area (Å²) in [7, 11) is 0. The van der Waals surface area contributed by atoms with Crippen molar-refractivity contribution in [2.75, 3.05) is 13.4 Å². The first-order valence-corrected chi connectivity index (χ1v) is 6.11. The first-order valence-electron chi connectivity index (χ1n) is 6.11. The first kappa shape index (κ1) is 11.6. The Kier molecular flexibility index (Phi) is 3.21. The van der Waals surface area contributed by atoms with E-state index in [4.69, 9.17) is 18.9 Å². The number of hydrogen-bond acceptors (Lipinski definition) is 4. The molecule has 0 aromatic heterocycles. The summed E-state index contributed by atoms with van der Waals surface area (Å²) in [6.45, 7) is 4.62. The van der Waals surface area contributed by atoms with Crippen molar-refractivity contribution in [2.45, 2.75) is 25.2 Å². The van der Waals surface area contributed by atoms with E-state index in [-0.39, 0.29) is 12.4 Å². The molecule has 0 radical (unpaired) electrons. The summed E-state index contributed by atoms with van der Waals surface area (Å²) < 4.78 is 21.9. The van der Waals surface area contributed by atoms with Crippen LogP contribution in [-0.2, 0) is 15.9 Å². The summed E-state index contributed by atoms with van der Waals surface area (Å²) in [6.07, 6.45) is 3.34. The molecule has 4 nitrogen and oxygen atoms in total. The summed E-state index contributed by atoms with van der Waals surface area (Å²) in [6, 6.07) is 5.99. The molecular formula is C14H16O4. The minimum absolute atomic E-state index is 0.107. The lowest BCUT2D eigenvalue weighted by molar-refractivity contribution is -0.0535. The Morgan fingerprint density at radius 2 is 2.17 bits per heavy atom. The second kappa shape index (κ2) is 5.00. The van der Waals surface area contributed by atoms with Crippen LogP contribution in [0.5, 0.6) is 11.5 Å². The van der Waals surface area contributed by atoms with E-state index < -0.39 is 0 Å². The standard InChI is InChI=1S/C14H16O4/c1-2-3-14-15-8-11(18-14)6-10-4-5-12-13(7-10)17-9-16-12/h2,4-5,7,11,14H,1,3,6,8-9H2. The summed E-state index contributed by atoms with van der Waals surface area (Å²) in [4.78, 5) is 0. The fraction of sp³-hybridized carbons (Fsp3) is 0.429. The number of fused-ring (bicyclic) bond motifs is 1.